The molecule has 0 unspecified atom stereocenters. The maximum absolute atomic E-state index is 13.8. The van der Waals surface area contributed by atoms with Crippen LogP contribution in [0.4, 0.5) is 10.3 Å². The van der Waals surface area contributed by atoms with Crippen molar-refractivity contribution in [3.8, 4) is 0 Å². The third kappa shape index (κ3) is 3.59. The Kier molecular flexibility index (Phi) is 5.28. The molecule has 28 heavy (non-hydrogen) atoms. The van der Waals surface area contributed by atoms with Crippen molar-refractivity contribution in [2.24, 2.45) is 0 Å². The molecule has 2 aromatic carbocycles. The van der Waals surface area contributed by atoms with Crippen LogP contribution in [0, 0.1) is 5.82 Å². The minimum atomic E-state index is -0.481. The van der Waals surface area contributed by atoms with E-state index >= 15 is 0 Å². The monoisotopic (exact) mass is 380 g/mol. The molecule has 3 aromatic rings. The Morgan fingerprint density at radius 2 is 1.86 bits per heavy atom. The van der Waals surface area contributed by atoms with Gasteiger partial charge < -0.3 is 14.8 Å². The van der Waals surface area contributed by atoms with Crippen molar-refractivity contribution in [2.45, 2.75) is 38.8 Å². The number of nitrogens with zero attached hydrogens (tertiary/aromatic N) is 3. The highest BCUT2D eigenvalue weighted by molar-refractivity contribution is 5.94. The van der Waals surface area contributed by atoms with E-state index in [-0.39, 0.29) is 17.5 Å². The minimum Gasteiger partial charge on any atom is -0.349 e. The van der Waals surface area contributed by atoms with Crippen molar-refractivity contribution >= 4 is 22.9 Å². The Labute approximate surface area is 164 Å². The summed E-state index contributed by atoms with van der Waals surface area (Å²) >= 11 is 0. The average Bonchev–Trinajstić information content (AvgIpc) is 3.08. The summed E-state index contributed by atoms with van der Waals surface area (Å²) in [5, 5.41) is 2.98. The highest BCUT2D eigenvalue weighted by Gasteiger charge is 2.25. The molecule has 0 spiro atoms. The average molecular weight is 380 g/mol. The number of hydrogen-bond donors (Lipinski definition) is 1. The van der Waals surface area contributed by atoms with Gasteiger partial charge in [0, 0.05) is 25.7 Å². The number of amides is 1. The molecule has 146 valence electrons. The number of imidazole rings is 1. The van der Waals surface area contributed by atoms with Crippen molar-refractivity contribution in [1.29, 1.82) is 0 Å². The minimum absolute atomic E-state index is 0.0485. The zero-order chi connectivity index (χ0) is 19.5. The van der Waals surface area contributed by atoms with Gasteiger partial charge in [-0.25, -0.2) is 9.37 Å². The lowest BCUT2D eigenvalue weighted by Gasteiger charge is -2.33. The number of carbonyl (C=O) groups is 1. The molecule has 1 aliphatic rings. The summed E-state index contributed by atoms with van der Waals surface area (Å²) in [7, 11) is 0. The van der Waals surface area contributed by atoms with Gasteiger partial charge in [0.15, 0.2) is 0 Å². The van der Waals surface area contributed by atoms with E-state index in [2.05, 4.69) is 27.8 Å². The first kappa shape index (κ1) is 18.5. The van der Waals surface area contributed by atoms with Crippen molar-refractivity contribution < 1.29 is 9.18 Å². The second-order valence-electron chi connectivity index (χ2n) is 7.27. The first-order valence-corrected chi connectivity index (χ1v) is 9.93. The number of nitrogens with one attached hydrogen (secondary N) is 1. The topological polar surface area (TPSA) is 50.2 Å². The van der Waals surface area contributed by atoms with E-state index in [9.17, 15) is 9.18 Å². The first-order chi connectivity index (χ1) is 13.7. The summed E-state index contributed by atoms with van der Waals surface area (Å²) in [6.07, 6.45) is 2.67. The molecule has 0 radical (unpaired) electrons. The summed E-state index contributed by atoms with van der Waals surface area (Å²) in [6, 6.07) is 14.4. The fraction of sp³-hybridized carbons (Fsp3) is 0.364. The lowest BCUT2D eigenvalue weighted by atomic mass is 10.0. The normalized spacial score (nSPS) is 15.1. The van der Waals surface area contributed by atoms with E-state index in [1.165, 1.54) is 12.1 Å². The Morgan fingerprint density at radius 1 is 1.14 bits per heavy atom. The second kappa shape index (κ2) is 8.00. The molecule has 5 nitrogen and oxygen atoms in total. The number of benzene rings is 2. The molecule has 4 rings (SSSR count). The second-order valence-corrected chi connectivity index (χ2v) is 7.27. The Balaban J connectivity index is 1.45. The van der Waals surface area contributed by atoms with Gasteiger partial charge in [0.05, 0.1) is 16.6 Å². The van der Waals surface area contributed by atoms with Crippen molar-refractivity contribution in [3.63, 3.8) is 0 Å². The fourth-order valence-electron chi connectivity index (χ4n) is 3.88. The molecular weight excluding hydrogens is 355 g/mol. The largest absolute Gasteiger partial charge is 0.349 e. The highest BCUT2D eigenvalue weighted by Crippen LogP contribution is 2.25. The van der Waals surface area contributed by atoms with Gasteiger partial charge >= 0.3 is 0 Å². The van der Waals surface area contributed by atoms with Crippen LogP contribution in [0.15, 0.2) is 48.5 Å². The maximum Gasteiger partial charge on any atom is 0.254 e. The molecule has 0 atom stereocenters. The standard InChI is InChI=1S/C22H25FN4O/c1-2-13-27-20-10-6-5-9-19(20)25-22(27)26-14-11-16(12-15-26)24-21(28)17-7-3-4-8-18(17)23/h3-10,16H,2,11-15H2,1H3,(H,24,28). The molecule has 0 bridgehead atoms. The number of halogens is 1. The van der Waals surface area contributed by atoms with Crippen LogP contribution in [0.25, 0.3) is 11.0 Å². The smallest absolute Gasteiger partial charge is 0.254 e. The molecule has 2 heterocycles. The zero-order valence-corrected chi connectivity index (χ0v) is 16.1. The Bertz CT molecular complexity index is 976. The molecule has 1 aromatic heterocycles. The molecule has 0 saturated carbocycles. The van der Waals surface area contributed by atoms with Gasteiger partial charge in [-0.2, -0.15) is 0 Å². The van der Waals surface area contributed by atoms with Gasteiger partial charge in [-0.05, 0) is 43.5 Å². The van der Waals surface area contributed by atoms with E-state index in [0.717, 1.165) is 55.9 Å². The lowest BCUT2D eigenvalue weighted by molar-refractivity contribution is 0.0927. The molecule has 1 fully saturated rings. The number of piperidine rings is 1. The number of aryl methyl sites for hydroxylation is 1. The number of anilines is 1. The van der Waals surface area contributed by atoms with E-state index in [1.54, 1.807) is 12.1 Å². The van der Waals surface area contributed by atoms with Gasteiger partial charge in [0.25, 0.3) is 5.91 Å². The van der Waals surface area contributed by atoms with Crippen LogP contribution in [0.2, 0.25) is 0 Å². The van der Waals surface area contributed by atoms with Crippen LogP contribution in [-0.2, 0) is 6.54 Å². The van der Waals surface area contributed by atoms with Gasteiger partial charge in [-0.15, -0.1) is 0 Å². The number of rotatable bonds is 5. The number of para-hydroxylation sites is 2. The highest BCUT2D eigenvalue weighted by atomic mass is 19.1. The number of fused-ring (bicyclic) bond motifs is 1. The molecule has 1 aliphatic heterocycles. The quantitative estimate of drug-likeness (QED) is 0.728. The van der Waals surface area contributed by atoms with Crippen LogP contribution in [-0.4, -0.2) is 34.6 Å². The summed E-state index contributed by atoms with van der Waals surface area (Å²) in [5.74, 6) is 0.183. The summed E-state index contributed by atoms with van der Waals surface area (Å²) in [4.78, 5) is 19.5. The van der Waals surface area contributed by atoms with Crippen LogP contribution in [0.5, 0.6) is 0 Å². The van der Waals surface area contributed by atoms with Crippen molar-refractivity contribution in [2.75, 3.05) is 18.0 Å². The Morgan fingerprint density at radius 3 is 2.61 bits per heavy atom. The molecule has 1 saturated heterocycles. The first-order valence-electron chi connectivity index (χ1n) is 9.93. The van der Waals surface area contributed by atoms with E-state index < -0.39 is 5.82 Å². The van der Waals surface area contributed by atoms with Crippen LogP contribution in [0.3, 0.4) is 0 Å². The predicted octanol–water partition coefficient (Wildman–Crippen LogP) is 3.98. The van der Waals surface area contributed by atoms with Gasteiger partial charge in [0.1, 0.15) is 5.82 Å². The molecular formula is C22H25FN4O. The molecule has 1 amide bonds. The fourth-order valence-corrected chi connectivity index (χ4v) is 3.88. The lowest BCUT2D eigenvalue weighted by Crippen LogP contribution is -2.45. The zero-order valence-electron chi connectivity index (χ0n) is 16.1. The van der Waals surface area contributed by atoms with E-state index in [4.69, 9.17) is 4.98 Å². The third-order valence-corrected chi connectivity index (χ3v) is 5.31. The van der Waals surface area contributed by atoms with Crippen LogP contribution < -0.4 is 10.2 Å². The number of hydrogen-bond acceptors (Lipinski definition) is 3. The molecule has 6 heteroatoms. The third-order valence-electron chi connectivity index (χ3n) is 5.31. The van der Waals surface area contributed by atoms with Gasteiger partial charge in [-0.1, -0.05) is 31.2 Å². The van der Waals surface area contributed by atoms with E-state index in [1.807, 2.05) is 18.2 Å². The van der Waals surface area contributed by atoms with Crippen LogP contribution in [0.1, 0.15) is 36.5 Å². The van der Waals surface area contributed by atoms with Crippen LogP contribution >= 0.6 is 0 Å². The van der Waals surface area contributed by atoms with Gasteiger partial charge in [0.2, 0.25) is 5.95 Å². The Hall–Kier alpha value is -2.89. The number of aromatic nitrogens is 2. The SMILES string of the molecule is CCCn1c(N2CCC(NC(=O)c3ccccc3F)CC2)nc2ccccc21. The van der Waals surface area contributed by atoms with Crippen molar-refractivity contribution in [1.82, 2.24) is 14.9 Å². The summed E-state index contributed by atoms with van der Waals surface area (Å²) in [6.45, 7) is 4.73. The molecule has 0 aliphatic carbocycles. The van der Waals surface area contributed by atoms with E-state index in [0.29, 0.717) is 0 Å². The van der Waals surface area contributed by atoms with Gasteiger partial charge in [-0.3, -0.25) is 4.79 Å². The summed E-state index contributed by atoms with van der Waals surface area (Å²) in [5.41, 5.74) is 2.28. The summed E-state index contributed by atoms with van der Waals surface area (Å²) < 4.78 is 16.1. The molecule has 1 N–H and O–H groups in total. The predicted molar refractivity (Wildman–Crippen MR) is 109 cm³/mol. The maximum atomic E-state index is 13.8. The number of carbonyl (C=O) groups excluding carboxylic acids is 1. The van der Waals surface area contributed by atoms with Crippen molar-refractivity contribution in [3.05, 3.63) is 59.9 Å².